The molecule has 0 aliphatic carbocycles. The molecule has 118 valence electrons. The van der Waals surface area contributed by atoms with E-state index in [0.29, 0.717) is 6.61 Å². The highest BCUT2D eigenvalue weighted by Crippen LogP contribution is 2.41. The second-order valence-electron chi connectivity index (χ2n) is 6.34. The van der Waals surface area contributed by atoms with Gasteiger partial charge < -0.3 is 15.4 Å². The average Bonchev–Trinajstić information content (AvgIpc) is 2.53. The lowest BCUT2D eigenvalue weighted by Crippen LogP contribution is -2.48. The van der Waals surface area contributed by atoms with Crippen molar-refractivity contribution in [2.45, 2.75) is 39.3 Å². The van der Waals surface area contributed by atoms with Crippen molar-refractivity contribution >= 4 is 17.2 Å². The molecule has 4 heteroatoms. The van der Waals surface area contributed by atoms with Crippen LogP contribution in [-0.2, 0) is 9.53 Å². The van der Waals surface area contributed by atoms with Crippen molar-refractivity contribution in [3.63, 3.8) is 0 Å². The van der Waals surface area contributed by atoms with Gasteiger partial charge in [0.25, 0.3) is 0 Å². The van der Waals surface area contributed by atoms with E-state index in [0.717, 1.165) is 24.3 Å². The Morgan fingerprint density at radius 3 is 2.77 bits per heavy atom. The molecule has 0 aromatic heterocycles. The van der Waals surface area contributed by atoms with Crippen molar-refractivity contribution in [1.82, 2.24) is 0 Å². The molecular formula is C18H24N2O2. The van der Waals surface area contributed by atoms with Gasteiger partial charge in [-0.2, -0.15) is 0 Å². The van der Waals surface area contributed by atoms with Crippen molar-refractivity contribution in [2.24, 2.45) is 11.7 Å². The number of anilines is 1. The van der Waals surface area contributed by atoms with Crippen LogP contribution >= 0.6 is 0 Å². The smallest absolute Gasteiger partial charge is 0.224 e. The largest absolute Gasteiger partial charge is 0.377 e. The van der Waals surface area contributed by atoms with Crippen LogP contribution in [0.1, 0.15) is 44.4 Å². The predicted molar refractivity (Wildman–Crippen MR) is 88.6 cm³/mol. The van der Waals surface area contributed by atoms with Crippen LogP contribution in [0.4, 0.5) is 5.69 Å². The first-order valence-electron chi connectivity index (χ1n) is 7.97. The molecule has 1 amide bonds. The normalized spacial score (nSPS) is 28.1. The molecule has 1 aromatic rings. The molecule has 0 saturated heterocycles. The second kappa shape index (κ2) is 5.86. The molecule has 22 heavy (non-hydrogen) atoms. The van der Waals surface area contributed by atoms with Gasteiger partial charge in [-0.15, -0.1) is 0 Å². The van der Waals surface area contributed by atoms with E-state index in [-0.39, 0.29) is 23.9 Å². The summed E-state index contributed by atoms with van der Waals surface area (Å²) in [6, 6.07) is 6.38. The van der Waals surface area contributed by atoms with Crippen molar-refractivity contribution < 1.29 is 9.53 Å². The van der Waals surface area contributed by atoms with Crippen LogP contribution in [0.5, 0.6) is 0 Å². The molecule has 4 nitrogen and oxygen atoms in total. The van der Waals surface area contributed by atoms with Gasteiger partial charge in [-0.3, -0.25) is 4.79 Å². The molecule has 3 unspecified atom stereocenters. The molecule has 2 N–H and O–H groups in total. The Balaban J connectivity index is 2.06. The molecule has 2 aliphatic heterocycles. The highest BCUT2D eigenvalue weighted by Gasteiger charge is 2.36. The van der Waals surface area contributed by atoms with Gasteiger partial charge in [-0.25, -0.2) is 0 Å². The van der Waals surface area contributed by atoms with Gasteiger partial charge in [0.15, 0.2) is 0 Å². The number of nitrogens with zero attached hydrogens (tertiary/aromatic N) is 1. The number of carbonyl (C=O) groups is 1. The Kier molecular flexibility index (Phi) is 4.06. The first kappa shape index (κ1) is 15.3. The van der Waals surface area contributed by atoms with Crippen LogP contribution in [0.2, 0.25) is 0 Å². The monoisotopic (exact) mass is 300 g/mol. The summed E-state index contributed by atoms with van der Waals surface area (Å²) < 4.78 is 5.38. The van der Waals surface area contributed by atoms with Crippen LogP contribution < -0.4 is 10.6 Å². The SMILES string of the molecule is CC(=O)N1c2ccc(C3=CCOCC3)cc2C(N)C(C)C1C. The zero-order chi connectivity index (χ0) is 15.9. The second-order valence-corrected chi connectivity index (χ2v) is 6.34. The molecule has 0 fully saturated rings. The van der Waals surface area contributed by atoms with Gasteiger partial charge in [-0.1, -0.05) is 19.1 Å². The molecule has 2 heterocycles. The maximum absolute atomic E-state index is 12.1. The van der Waals surface area contributed by atoms with E-state index in [4.69, 9.17) is 10.5 Å². The fraction of sp³-hybridized carbons (Fsp3) is 0.500. The fourth-order valence-electron chi connectivity index (χ4n) is 3.52. The van der Waals surface area contributed by atoms with Crippen molar-refractivity contribution in [2.75, 3.05) is 18.1 Å². The Hall–Kier alpha value is -1.65. The molecule has 1 aromatic carbocycles. The van der Waals surface area contributed by atoms with Gasteiger partial charge >= 0.3 is 0 Å². The lowest BCUT2D eigenvalue weighted by Gasteiger charge is -2.42. The quantitative estimate of drug-likeness (QED) is 0.867. The van der Waals surface area contributed by atoms with Crippen LogP contribution in [0.25, 0.3) is 5.57 Å². The summed E-state index contributed by atoms with van der Waals surface area (Å²) in [5, 5.41) is 0. The summed E-state index contributed by atoms with van der Waals surface area (Å²) in [5.74, 6) is 0.306. The molecule has 0 saturated carbocycles. The third-order valence-corrected chi connectivity index (χ3v) is 5.05. The number of hydrogen-bond acceptors (Lipinski definition) is 3. The number of rotatable bonds is 1. The van der Waals surface area contributed by atoms with E-state index in [1.54, 1.807) is 6.92 Å². The Morgan fingerprint density at radius 2 is 2.14 bits per heavy atom. The van der Waals surface area contributed by atoms with E-state index in [1.165, 1.54) is 11.1 Å². The zero-order valence-corrected chi connectivity index (χ0v) is 13.5. The summed E-state index contributed by atoms with van der Waals surface area (Å²) in [5.41, 5.74) is 11.0. The Bertz CT molecular complexity index is 624. The van der Waals surface area contributed by atoms with E-state index in [2.05, 4.69) is 32.1 Å². The first-order chi connectivity index (χ1) is 10.5. The van der Waals surface area contributed by atoms with E-state index in [9.17, 15) is 4.79 Å². The van der Waals surface area contributed by atoms with E-state index in [1.807, 2.05) is 11.0 Å². The first-order valence-corrected chi connectivity index (χ1v) is 7.97. The Morgan fingerprint density at radius 1 is 1.36 bits per heavy atom. The molecule has 3 rings (SSSR count). The van der Waals surface area contributed by atoms with Crippen molar-refractivity contribution in [3.8, 4) is 0 Å². The van der Waals surface area contributed by atoms with E-state index >= 15 is 0 Å². The van der Waals surface area contributed by atoms with Crippen LogP contribution in [0, 0.1) is 5.92 Å². The number of fused-ring (bicyclic) bond motifs is 1. The van der Waals surface area contributed by atoms with Crippen molar-refractivity contribution in [1.29, 1.82) is 0 Å². The minimum atomic E-state index is -0.0407. The van der Waals surface area contributed by atoms with Gasteiger partial charge in [0.05, 0.1) is 13.2 Å². The zero-order valence-electron chi connectivity index (χ0n) is 13.5. The van der Waals surface area contributed by atoms with Gasteiger partial charge in [0.2, 0.25) is 5.91 Å². The molecule has 2 aliphatic rings. The number of benzene rings is 1. The molecular weight excluding hydrogens is 276 g/mol. The number of ether oxygens (including phenoxy) is 1. The molecule has 3 atom stereocenters. The number of carbonyl (C=O) groups excluding carboxylic acids is 1. The standard InChI is InChI=1S/C18H24N2O2/c1-11-12(2)20(13(3)21)17-5-4-15(10-16(17)18(11)19)14-6-8-22-9-7-14/h4-6,10-12,18H,7-9,19H2,1-3H3. The molecule has 0 radical (unpaired) electrons. The Labute approximate surface area is 131 Å². The molecule has 0 bridgehead atoms. The maximum Gasteiger partial charge on any atom is 0.224 e. The highest BCUT2D eigenvalue weighted by atomic mass is 16.5. The van der Waals surface area contributed by atoms with Gasteiger partial charge in [0, 0.05) is 24.7 Å². The minimum Gasteiger partial charge on any atom is -0.377 e. The summed E-state index contributed by atoms with van der Waals surface area (Å²) in [4.78, 5) is 13.9. The number of nitrogens with two attached hydrogens (primary N) is 1. The fourth-order valence-corrected chi connectivity index (χ4v) is 3.52. The summed E-state index contributed by atoms with van der Waals surface area (Å²) in [6.45, 7) is 7.25. The van der Waals surface area contributed by atoms with Crippen LogP contribution in [0.3, 0.4) is 0 Å². The van der Waals surface area contributed by atoms with E-state index < -0.39 is 0 Å². The van der Waals surface area contributed by atoms with Gasteiger partial charge in [0.1, 0.15) is 0 Å². The van der Waals surface area contributed by atoms with Crippen LogP contribution in [0.15, 0.2) is 24.3 Å². The lowest BCUT2D eigenvalue weighted by atomic mass is 9.82. The topological polar surface area (TPSA) is 55.6 Å². The summed E-state index contributed by atoms with van der Waals surface area (Å²) in [6.07, 6.45) is 3.06. The van der Waals surface area contributed by atoms with Crippen LogP contribution in [-0.4, -0.2) is 25.2 Å². The van der Waals surface area contributed by atoms with Crippen molar-refractivity contribution in [3.05, 3.63) is 35.4 Å². The molecule has 0 spiro atoms. The lowest BCUT2D eigenvalue weighted by molar-refractivity contribution is -0.117. The number of amides is 1. The predicted octanol–water partition coefficient (Wildman–Crippen LogP) is 2.88. The third-order valence-electron chi connectivity index (χ3n) is 5.05. The third kappa shape index (κ3) is 2.46. The number of hydrogen-bond donors (Lipinski definition) is 1. The van der Waals surface area contributed by atoms with Gasteiger partial charge in [-0.05, 0) is 48.1 Å². The summed E-state index contributed by atoms with van der Waals surface area (Å²) >= 11 is 0. The average molecular weight is 300 g/mol. The minimum absolute atomic E-state index is 0.0407. The summed E-state index contributed by atoms with van der Waals surface area (Å²) in [7, 11) is 0. The maximum atomic E-state index is 12.1. The highest BCUT2D eigenvalue weighted by molar-refractivity contribution is 5.94.